The SMILES string of the molecule is COc1cc(CO)nc(Oc2cccc(Oc3nc(OC)cc(OC)n3)c2C(=O)[O-])n1.[Na+]. The van der Waals surface area contributed by atoms with Crippen molar-refractivity contribution in [3.8, 4) is 41.2 Å². The van der Waals surface area contributed by atoms with Crippen molar-refractivity contribution in [2.45, 2.75) is 6.61 Å². The molecule has 13 heteroatoms. The maximum atomic E-state index is 11.8. The minimum atomic E-state index is -1.59. The minimum Gasteiger partial charge on any atom is -0.545 e. The molecule has 0 saturated heterocycles. The van der Waals surface area contributed by atoms with E-state index < -0.39 is 18.1 Å². The van der Waals surface area contributed by atoms with Crippen molar-refractivity contribution < 1.29 is 68.2 Å². The third kappa shape index (κ3) is 5.95. The fourth-order valence-corrected chi connectivity index (χ4v) is 2.40. The molecule has 1 aromatic carbocycles. The first kappa shape index (κ1) is 25.1. The second kappa shape index (κ2) is 11.4. The van der Waals surface area contributed by atoms with Gasteiger partial charge in [0.1, 0.15) is 11.5 Å². The van der Waals surface area contributed by atoms with Crippen LogP contribution in [0.15, 0.2) is 30.3 Å². The first-order valence-corrected chi connectivity index (χ1v) is 8.67. The number of carboxylic acids is 1. The summed E-state index contributed by atoms with van der Waals surface area (Å²) in [6.45, 7) is -0.402. The molecule has 32 heavy (non-hydrogen) atoms. The van der Waals surface area contributed by atoms with E-state index in [-0.39, 0.29) is 76.4 Å². The molecule has 1 N–H and O–H groups in total. The topological polar surface area (TPSA) is 158 Å². The minimum absolute atomic E-state index is 0. The molecule has 0 aliphatic heterocycles. The number of ether oxygens (including phenoxy) is 5. The van der Waals surface area contributed by atoms with Crippen molar-refractivity contribution in [3.05, 3.63) is 41.6 Å². The Morgan fingerprint density at radius 3 is 1.78 bits per heavy atom. The Bertz CT molecular complexity index is 979. The molecule has 162 valence electrons. The Labute approximate surface area is 204 Å². The van der Waals surface area contributed by atoms with Crippen LogP contribution in [-0.4, -0.2) is 52.3 Å². The molecule has 0 bridgehead atoms. The molecule has 0 aliphatic rings. The number of hydrogen-bond acceptors (Lipinski definition) is 12. The third-order valence-electron chi connectivity index (χ3n) is 3.78. The first-order valence-electron chi connectivity index (χ1n) is 8.67. The molecule has 0 atom stereocenters. The number of rotatable bonds is 9. The maximum absolute atomic E-state index is 11.8. The molecule has 0 fully saturated rings. The van der Waals surface area contributed by atoms with E-state index in [1.165, 1.54) is 51.7 Å². The van der Waals surface area contributed by atoms with Gasteiger partial charge in [0, 0.05) is 6.07 Å². The van der Waals surface area contributed by atoms with Crippen LogP contribution in [0.2, 0.25) is 0 Å². The van der Waals surface area contributed by atoms with E-state index in [0.717, 1.165) is 0 Å². The van der Waals surface area contributed by atoms with Gasteiger partial charge in [-0.15, -0.1) is 0 Å². The summed E-state index contributed by atoms with van der Waals surface area (Å²) in [6, 6.07) is 6.54. The smallest absolute Gasteiger partial charge is 0.545 e. The van der Waals surface area contributed by atoms with Crippen molar-refractivity contribution in [1.29, 1.82) is 0 Å². The second-order valence-electron chi connectivity index (χ2n) is 5.70. The number of carboxylic acid groups (broad SMARTS) is 1. The van der Waals surface area contributed by atoms with Crippen molar-refractivity contribution in [3.63, 3.8) is 0 Å². The number of aliphatic hydroxyl groups is 1. The third-order valence-corrected chi connectivity index (χ3v) is 3.78. The fourth-order valence-electron chi connectivity index (χ4n) is 2.40. The molecular formula is C19H17N4NaO8. The molecule has 12 nitrogen and oxygen atoms in total. The van der Waals surface area contributed by atoms with Crippen molar-refractivity contribution in [2.75, 3.05) is 21.3 Å². The Morgan fingerprint density at radius 1 is 0.875 bits per heavy atom. The summed E-state index contributed by atoms with van der Waals surface area (Å²) < 4.78 is 26.2. The van der Waals surface area contributed by atoms with Gasteiger partial charge in [0.05, 0.1) is 51.2 Å². The molecule has 0 saturated carbocycles. The largest absolute Gasteiger partial charge is 1.00 e. The standard InChI is InChI=1S/C19H18N4O8.Na/c1-27-13-7-10(9-24)20-18(21-13)30-11-5-4-6-12(16(11)17(25)26)31-19-22-14(28-2)8-15(23-19)29-3;/h4-8,24H,9H2,1-3H3,(H,25,26);/q;+1/p-1. The van der Waals surface area contributed by atoms with Crippen LogP contribution in [0.4, 0.5) is 0 Å². The second-order valence-corrected chi connectivity index (χ2v) is 5.70. The monoisotopic (exact) mass is 452 g/mol. The van der Waals surface area contributed by atoms with E-state index in [0.29, 0.717) is 0 Å². The molecule has 0 spiro atoms. The molecule has 2 aromatic heterocycles. The van der Waals surface area contributed by atoms with Crippen LogP contribution in [0, 0.1) is 0 Å². The summed E-state index contributed by atoms with van der Waals surface area (Å²) in [5, 5.41) is 21.2. The molecule has 0 amide bonds. The van der Waals surface area contributed by atoms with E-state index in [4.69, 9.17) is 23.7 Å². The van der Waals surface area contributed by atoms with Gasteiger partial charge in [-0.05, 0) is 12.1 Å². The number of methoxy groups -OCH3 is 3. The normalized spacial score (nSPS) is 10.0. The number of aliphatic hydroxyl groups excluding tert-OH is 1. The number of hydrogen-bond donors (Lipinski definition) is 1. The van der Waals surface area contributed by atoms with Crippen molar-refractivity contribution in [2.24, 2.45) is 0 Å². The van der Waals surface area contributed by atoms with Crippen LogP contribution in [0.25, 0.3) is 0 Å². The summed E-state index contributed by atoms with van der Waals surface area (Å²) in [5.74, 6) is -1.53. The van der Waals surface area contributed by atoms with E-state index in [2.05, 4.69) is 19.9 Å². The quantitative estimate of drug-likeness (QED) is 0.348. The molecule has 3 rings (SSSR count). The van der Waals surface area contributed by atoms with Gasteiger partial charge in [0.15, 0.2) is 0 Å². The van der Waals surface area contributed by atoms with E-state index in [9.17, 15) is 15.0 Å². The van der Waals surface area contributed by atoms with Crippen LogP contribution in [-0.2, 0) is 6.61 Å². The molecule has 0 radical (unpaired) electrons. The number of carbonyl (C=O) groups excluding carboxylic acids is 1. The van der Waals surface area contributed by atoms with Crippen LogP contribution in [0.3, 0.4) is 0 Å². The van der Waals surface area contributed by atoms with Crippen LogP contribution in [0.5, 0.6) is 41.2 Å². The number of carbonyl (C=O) groups is 1. The maximum Gasteiger partial charge on any atom is 1.00 e. The van der Waals surface area contributed by atoms with Gasteiger partial charge in [-0.2, -0.15) is 19.9 Å². The molecular weight excluding hydrogens is 435 g/mol. The van der Waals surface area contributed by atoms with E-state index in [1.54, 1.807) is 0 Å². The molecule has 2 heterocycles. The van der Waals surface area contributed by atoms with Crippen molar-refractivity contribution in [1.82, 2.24) is 19.9 Å². The predicted molar refractivity (Wildman–Crippen MR) is 101 cm³/mol. The van der Waals surface area contributed by atoms with Gasteiger partial charge in [0.25, 0.3) is 0 Å². The zero-order chi connectivity index (χ0) is 22.4. The van der Waals surface area contributed by atoms with Crippen LogP contribution >= 0.6 is 0 Å². The summed E-state index contributed by atoms with van der Waals surface area (Å²) in [4.78, 5) is 27.8. The van der Waals surface area contributed by atoms with Gasteiger partial charge in [0.2, 0.25) is 17.6 Å². The van der Waals surface area contributed by atoms with Crippen LogP contribution in [0.1, 0.15) is 16.1 Å². The number of aromatic carboxylic acids is 1. The predicted octanol–water partition coefficient (Wildman–Crippen LogP) is -2.26. The van der Waals surface area contributed by atoms with E-state index in [1.807, 2.05) is 0 Å². The van der Waals surface area contributed by atoms with Crippen molar-refractivity contribution >= 4 is 5.97 Å². The van der Waals surface area contributed by atoms with Gasteiger partial charge in [-0.25, -0.2) is 0 Å². The van der Waals surface area contributed by atoms with E-state index >= 15 is 0 Å². The Morgan fingerprint density at radius 2 is 1.34 bits per heavy atom. The number of aromatic nitrogens is 4. The van der Waals surface area contributed by atoms with Crippen LogP contribution < -0.4 is 58.3 Å². The zero-order valence-corrected chi connectivity index (χ0v) is 19.7. The summed E-state index contributed by atoms with van der Waals surface area (Å²) >= 11 is 0. The summed E-state index contributed by atoms with van der Waals surface area (Å²) in [7, 11) is 4.15. The average Bonchev–Trinajstić information content (AvgIpc) is 2.78. The molecule has 0 unspecified atom stereocenters. The summed E-state index contributed by atoms with van der Waals surface area (Å²) in [6.07, 6.45) is 0. The average molecular weight is 452 g/mol. The first-order chi connectivity index (χ1) is 15.0. The summed E-state index contributed by atoms with van der Waals surface area (Å²) in [5.41, 5.74) is -0.231. The zero-order valence-electron chi connectivity index (χ0n) is 17.7. The Balaban J connectivity index is 0.00000363. The fraction of sp³-hybridized carbons (Fsp3) is 0.211. The number of benzene rings is 1. The Hall–Kier alpha value is -3.19. The van der Waals surface area contributed by atoms with Gasteiger partial charge < -0.3 is 38.7 Å². The number of nitrogens with zero attached hydrogens (tertiary/aromatic N) is 4. The molecule has 0 aliphatic carbocycles. The Kier molecular flexibility index (Phi) is 8.96. The van der Waals surface area contributed by atoms with Gasteiger partial charge in [-0.1, -0.05) is 6.07 Å². The molecule has 3 aromatic rings. The van der Waals surface area contributed by atoms with Gasteiger partial charge >= 0.3 is 41.6 Å². The van der Waals surface area contributed by atoms with Gasteiger partial charge in [-0.3, -0.25) is 0 Å².